The SMILES string of the molecule is NC(C(=O)O)C(=O)NC1CCOCC1. The van der Waals surface area contributed by atoms with Crippen LogP contribution in [0.4, 0.5) is 0 Å². The third kappa shape index (κ3) is 2.97. The molecule has 1 aliphatic heterocycles. The zero-order chi connectivity index (χ0) is 10.6. The molecule has 1 heterocycles. The molecule has 1 unspecified atom stereocenters. The summed E-state index contributed by atoms with van der Waals surface area (Å²) < 4.78 is 5.09. The molecule has 4 N–H and O–H groups in total. The summed E-state index contributed by atoms with van der Waals surface area (Å²) in [7, 11) is 0. The number of carboxylic acids is 1. The Kier molecular flexibility index (Phi) is 3.84. The Morgan fingerprint density at radius 1 is 1.43 bits per heavy atom. The lowest BCUT2D eigenvalue weighted by Gasteiger charge is -2.23. The van der Waals surface area contributed by atoms with Gasteiger partial charge in [0.15, 0.2) is 6.04 Å². The van der Waals surface area contributed by atoms with Crippen LogP contribution in [0.3, 0.4) is 0 Å². The molecule has 1 aliphatic rings. The zero-order valence-electron chi connectivity index (χ0n) is 7.73. The molecule has 0 saturated carbocycles. The lowest BCUT2D eigenvalue weighted by molar-refractivity contribution is -0.143. The molecular weight excluding hydrogens is 188 g/mol. The van der Waals surface area contributed by atoms with Gasteiger partial charge in [-0.2, -0.15) is 0 Å². The molecule has 0 aromatic rings. The van der Waals surface area contributed by atoms with Crippen LogP contribution in [-0.4, -0.2) is 42.3 Å². The fraction of sp³-hybridized carbons (Fsp3) is 0.750. The second kappa shape index (κ2) is 4.92. The molecule has 1 amide bonds. The number of carbonyl (C=O) groups excluding carboxylic acids is 1. The normalized spacial score (nSPS) is 20.1. The molecule has 6 heteroatoms. The summed E-state index contributed by atoms with van der Waals surface area (Å²) in [5, 5.41) is 11.0. The average Bonchev–Trinajstić information content (AvgIpc) is 2.18. The van der Waals surface area contributed by atoms with Crippen molar-refractivity contribution in [3.05, 3.63) is 0 Å². The molecule has 0 aliphatic carbocycles. The van der Waals surface area contributed by atoms with Crippen molar-refractivity contribution in [1.29, 1.82) is 0 Å². The number of carboxylic acid groups (broad SMARTS) is 1. The van der Waals surface area contributed by atoms with E-state index in [0.29, 0.717) is 26.1 Å². The van der Waals surface area contributed by atoms with Crippen molar-refractivity contribution in [2.75, 3.05) is 13.2 Å². The van der Waals surface area contributed by atoms with E-state index in [2.05, 4.69) is 5.32 Å². The van der Waals surface area contributed by atoms with E-state index in [1.54, 1.807) is 0 Å². The molecule has 14 heavy (non-hydrogen) atoms. The highest BCUT2D eigenvalue weighted by atomic mass is 16.5. The Labute approximate surface area is 81.4 Å². The van der Waals surface area contributed by atoms with Crippen LogP contribution < -0.4 is 11.1 Å². The van der Waals surface area contributed by atoms with Crippen molar-refractivity contribution in [2.24, 2.45) is 5.73 Å². The summed E-state index contributed by atoms with van der Waals surface area (Å²) in [5.74, 6) is -1.95. The molecule has 0 aromatic carbocycles. The summed E-state index contributed by atoms with van der Waals surface area (Å²) in [4.78, 5) is 21.6. The lowest BCUT2D eigenvalue weighted by atomic mass is 10.1. The molecule has 0 radical (unpaired) electrons. The van der Waals surface area contributed by atoms with Gasteiger partial charge in [0.2, 0.25) is 5.91 Å². The maximum Gasteiger partial charge on any atom is 0.330 e. The first kappa shape index (κ1) is 10.9. The van der Waals surface area contributed by atoms with Crippen LogP contribution in [0, 0.1) is 0 Å². The van der Waals surface area contributed by atoms with Gasteiger partial charge in [-0.05, 0) is 12.8 Å². The molecule has 6 nitrogen and oxygen atoms in total. The van der Waals surface area contributed by atoms with Gasteiger partial charge in [-0.1, -0.05) is 0 Å². The highest BCUT2D eigenvalue weighted by Gasteiger charge is 2.24. The van der Waals surface area contributed by atoms with Gasteiger partial charge in [0.05, 0.1) is 0 Å². The standard InChI is InChI=1S/C8H14N2O4/c9-6(8(12)13)7(11)10-5-1-3-14-4-2-5/h5-6H,1-4,9H2,(H,10,11)(H,12,13). The summed E-state index contributed by atoms with van der Waals surface area (Å²) in [6.45, 7) is 1.18. The number of ether oxygens (including phenoxy) is 1. The molecule has 0 bridgehead atoms. The molecular formula is C8H14N2O4. The maximum absolute atomic E-state index is 11.2. The minimum Gasteiger partial charge on any atom is -0.480 e. The van der Waals surface area contributed by atoms with E-state index in [1.165, 1.54) is 0 Å². The third-order valence-corrected chi connectivity index (χ3v) is 2.12. The number of carbonyl (C=O) groups is 2. The molecule has 1 rings (SSSR count). The fourth-order valence-corrected chi connectivity index (χ4v) is 1.25. The van der Waals surface area contributed by atoms with Crippen LogP contribution in [0.2, 0.25) is 0 Å². The van der Waals surface area contributed by atoms with E-state index < -0.39 is 17.9 Å². The van der Waals surface area contributed by atoms with Gasteiger partial charge in [0.25, 0.3) is 0 Å². The molecule has 80 valence electrons. The Morgan fingerprint density at radius 3 is 2.50 bits per heavy atom. The predicted molar refractivity (Wildman–Crippen MR) is 47.6 cm³/mol. The second-order valence-corrected chi connectivity index (χ2v) is 3.21. The van der Waals surface area contributed by atoms with Crippen LogP contribution in [0.5, 0.6) is 0 Å². The Hall–Kier alpha value is -1.14. The second-order valence-electron chi connectivity index (χ2n) is 3.21. The van der Waals surface area contributed by atoms with E-state index in [4.69, 9.17) is 15.6 Å². The smallest absolute Gasteiger partial charge is 0.330 e. The number of nitrogens with two attached hydrogens (primary N) is 1. The van der Waals surface area contributed by atoms with E-state index >= 15 is 0 Å². The Balaban J connectivity index is 2.35. The van der Waals surface area contributed by atoms with E-state index in [0.717, 1.165) is 0 Å². The van der Waals surface area contributed by atoms with Gasteiger partial charge >= 0.3 is 5.97 Å². The maximum atomic E-state index is 11.2. The average molecular weight is 202 g/mol. The zero-order valence-corrected chi connectivity index (χ0v) is 7.73. The summed E-state index contributed by atoms with van der Waals surface area (Å²) in [5.41, 5.74) is 5.13. The quantitative estimate of drug-likeness (QED) is 0.493. The fourth-order valence-electron chi connectivity index (χ4n) is 1.25. The Bertz CT molecular complexity index is 225. The van der Waals surface area contributed by atoms with Crippen molar-refractivity contribution in [1.82, 2.24) is 5.32 Å². The molecule has 0 aromatic heterocycles. The van der Waals surface area contributed by atoms with Gasteiger partial charge < -0.3 is 20.9 Å². The van der Waals surface area contributed by atoms with Gasteiger partial charge in [-0.3, -0.25) is 4.79 Å². The third-order valence-electron chi connectivity index (χ3n) is 2.12. The summed E-state index contributed by atoms with van der Waals surface area (Å²) in [6, 6.07) is -1.49. The van der Waals surface area contributed by atoms with Crippen molar-refractivity contribution >= 4 is 11.9 Å². The molecule has 1 atom stereocenters. The van der Waals surface area contributed by atoms with Crippen LogP contribution >= 0.6 is 0 Å². The molecule has 1 saturated heterocycles. The number of nitrogens with one attached hydrogen (secondary N) is 1. The first-order valence-corrected chi connectivity index (χ1v) is 4.48. The minimum atomic E-state index is -1.47. The first-order chi connectivity index (χ1) is 6.61. The largest absolute Gasteiger partial charge is 0.480 e. The summed E-state index contributed by atoms with van der Waals surface area (Å²) in [6.07, 6.45) is 1.41. The van der Waals surface area contributed by atoms with Crippen LogP contribution in [0.15, 0.2) is 0 Å². The van der Waals surface area contributed by atoms with Gasteiger partial charge in [0.1, 0.15) is 0 Å². The van der Waals surface area contributed by atoms with Gasteiger partial charge in [-0.25, -0.2) is 4.79 Å². The first-order valence-electron chi connectivity index (χ1n) is 4.48. The highest BCUT2D eigenvalue weighted by molar-refractivity contribution is 6.00. The number of amides is 1. The van der Waals surface area contributed by atoms with E-state index in [-0.39, 0.29) is 6.04 Å². The summed E-state index contributed by atoms with van der Waals surface area (Å²) >= 11 is 0. The van der Waals surface area contributed by atoms with Crippen molar-refractivity contribution in [3.63, 3.8) is 0 Å². The highest BCUT2D eigenvalue weighted by Crippen LogP contribution is 2.05. The van der Waals surface area contributed by atoms with Gasteiger partial charge in [0, 0.05) is 19.3 Å². The van der Waals surface area contributed by atoms with Crippen LogP contribution in [0.25, 0.3) is 0 Å². The number of aliphatic carboxylic acids is 1. The number of hydrogen-bond acceptors (Lipinski definition) is 4. The number of rotatable bonds is 3. The van der Waals surface area contributed by atoms with Crippen molar-refractivity contribution in [3.8, 4) is 0 Å². The predicted octanol–water partition coefficient (Wildman–Crippen LogP) is -1.31. The van der Waals surface area contributed by atoms with Crippen molar-refractivity contribution < 1.29 is 19.4 Å². The van der Waals surface area contributed by atoms with Crippen LogP contribution in [-0.2, 0) is 14.3 Å². The van der Waals surface area contributed by atoms with Gasteiger partial charge in [-0.15, -0.1) is 0 Å². The lowest BCUT2D eigenvalue weighted by Crippen LogP contribution is -2.50. The monoisotopic (exact) mass is 202 g/mol. The molecule has 1 fully saturated rings. The number of hydrogen-bond donors (Lipinski definition) is 3. The van der Waals surface area contributed by atoms with E-state index in [1.807, 2.05) is 0 Å². The molecule has 0 spiro atoms. The van der Waals surface area contributed by atoms with E-state index in [9.17, 15) is 9.59 Å². The van der Waals surface area contributed by atoms with Crippen molar-refractivity contribution in [2.45, 2.75) is 24.9 Å². The Morgan fingerprint density at radius 2 is 2.00 bits per heavy atom. The minimum absolute atomic E-state index is 0.0124. The van der Waals surface area contributed by atoms with Crippen LogP contribution in [0.1, 0.15) is 12.8 Å². The topological polar surface area (TPSA) is 102 Å².